The Balaban J connectivity index is 2.23. The van der Waals surface area contributed by atoms with Crippen LogP contribution in [0.15, 0.2) is 39.3 Å². The molecule has 0 spiro atoms. The lowest BCUT2D eigenvalue weighted by molar-refractivity contribution is -0.113. The number of furan rings is 1. The minimum atomic E-state index is -0.330. The molecule has 8 heteroatoms. The molecule has 2 heterocycles. The fourth-order valence-corrected chi connectivity index (χ4v) is 3.04. The van der Waals surface area contributed by atoms with E-state index in [-0.39, 0.29) is 28.6 Å². The predicted molar refractivity (Wildman–Crippen MR) is 87.9 cm³/mol. The van der Waals surface area contributed by atoms with Crippen molar-refractivity contribution in [3.05, 3.63) is 29.7 Å². The van der Waals surface area contributed by atoms with Gasteiger partial charge < -0.3 is 14.9 Å². The standard InChI is InChI=1S/C15H18N4O3S/c1-4-19-14(12-6-5-7-22-12)17-18-15(19)23-8-11(21)13(9(2)16)10(3)20/h5-7,16,21H,4,8H2,1-3H3/b13-11-,16-9?. The van der Waals surface area contributed by atoms with Gasteiger partial charge in [-0.2, -0.15) is 0 Å². The number of nitrogens with zero attached hydrogens (tertiary/aromatic N) is 3. The van der Waals surface area contributed by atoms with Gasteiger partial charge in [-0.1, -0.05) is 11.8 Å². The van der Waals surface area contributed by atoms with E-state index in [4.69, 9.17) is 9.83 Å². The van der Waals surface area contributed by atoms with Crippen LogP contribution in [0.5, 0.6) is 0 Å². The second-order valence-electron chi connectivity index (χ2n) is 4.82. The second-order valence-corrected chi connectivity index (χ2v) is 5.76. The molecule has 0 aliphatic rings. The molecule has 122 valence electrons. The van der Waals surface area contributed by atoms with E-state index >= 15 is 0 Å². The predicted octanol–water partition coefficient (Wildman–Crippen LogP) is 3.09. The zero-order chi connectivity index (χ0) is 17.0. The molecule has 23 heavy (non-hydrogen) atoms. The number of hydrogen-bond acceptors (Lipinski definition) is 7. The average molecular weight is 334 g/mol. The van der Waals surface area contributed by atoms with Crippen molar-refractivity contribution in [3.63, 3.8) is 0 Å². The van der Waals surface area contributed by atoms with Gasteiger partial charge in [0.25, 0.3) is 0 Å². The summed E-state index contributed by atoms with van der Waals surface area (Å²) in [6, 6.07) is 3.58. The molecule has 0 saturated carbocycles. The third-order valence-electron chi connectivity index (χ3n) is 3.13. The van der Waals surface area contributed by atoms with E-state index in [0.29, 0.717) is 23.3 Å². The maximum absolute atomic E-state index is 11.5. The monoisotopic (exact) mass is 334 g/mol. The van der Waals surface area contributed by atoms with Crippen LogP contribution in [0.25, 0.3) is 11.6 Å². The SMILES string of the molecule is CCn1c(SC/C(O)=C(\C(C)=N)C(C)=O)nnc1-c1ccco1. The van der Waals surface area contributed by atoms with Crippen LogP contribution in [-0.2, 0) is 11.3 Å². The quantitative estimate of drug-likeness (QED) is 0.349. The minimum Gasteiger partial charge on any atom is -0.511 e. The van der Waals surface area contributed by atoms with Crippen LogP contribution in [0.3, 0.4) is 0 Å². The average Bonchev–Trinajstić information content (AvgIpc) is 3.12. The van der Waals surface area contributed by atoms with Crippen LogP contribution in [0.1, 0.15) is 20.8 Å². The van der Waals surface area contributed by atoms with E-state index in [1.807, 2.05) is 11.5 Å². The number of Topliss-reactive ketones (excluding diaryl/α,β-unsaturated/α-hetero) is 1. The molecular formula is C15H18N4O3S. The number of rotatable bonds is 7. The van der Waals surface area contributed by atoms with Gasteiger partial charge in [-0.05, 0) is 32.9 Å². The van der Waals surface area contributed by atoms with E-state index in [0.717, 1.165) is 0 Å². The van der Waals surface area contributed by atoms with Crippen LogP contribution < -0.4 is 0 Å². The first-order valence-electron chi connectivity index (χ1n) is 7.04. The maximum atomic E-state index is 11.5. The Kier molecular flexibility index (Phi) is 5.38. The summed E-state index contributed by atoms with van der Waals surface area (Å²) in [4.78, 5) is 11.5. The highest BCUT2D eigenvalue weighted by Gasteiger charge is 2.18. The number of allylic oxidation sites excluding steroid dienone is 1. The number of aliphatic hydroxyl groups is 1. The Morgan fingerprint density at radius 1 is 1.43 bits per heavy atom. The third-order valence-corrected chi connectivity index (χ3v) is 4.11. The lowest BCUT2D eigenvalue weighted by Crippen LogP contribution is -2.11. The molecule has 7 nitrogen and oxygen atoms in total. The molecule has 0 radical (unpaired) electrons. The summed E-state index contributed by atoms with van der Waals surface area (Å²) in [7, 11) is 0. The van der Waals surface area contributed by atoms with E-state index in [9.17, 15) is 9.90 Å². The zero-order valence-corrected chi connectivity index (χ0v) is 14.0. The van der Waals surface area contributed by atoms with Crippen LogP contribution in [0.2, 0.25) is 0 Å². The molecule has 0 aliphatic carbocycles. The van der Waals surface area contributed by atoms with Gasteiger partial charge in [0.05, 0.1) is 17.6 Å². The maximum Gasteiger partial charge on any atom is 0.200 e. The molecular weight excluding hydrogens is 316 g/mol. The van der Waals surface area contributed by atoms with E-state index in [1.165, 1.54) is 25.6 Å². The highest BCUT2D eigenvalue weighted by molar-refractivity contribution is 7.99. The third kappa shape index (κ3) is 3.70. The molecule has 0 amide bonds. The number of nitrogens with one attached hydrogen (secondary N) is 1. The summed E-state index contributed by atoms with van der Waals surface area (Å²) in [5.41, 5.74) is 0.0927. The summed E-state index contributed by atoms with van der Waals surface area (Å²) >= 11 is 1.25. The fraction of sp³-hybridized carbons (Fsp3) is 0.333. The van der Waals surface area contributed by atoms with Crippen LogP contribution >= 0.6 is 11.8 Å². The lowest BCUT2D eigenvalue weighted by Gasteiger charge is -2.08. The first kappa shape index (κ1) is 17.0. The Hall–Kier alpha value is -2.35. The number of aliphatic hydroxyl groups excluding tert-OH is 1. The van der Waals surface area contributed by atoms with Gasteiger partial charge in [0.1, 0.15) is 5.76 Å². The Bertz CT molecular complexity index is 731. The van der Waals surface area contributed by atoms with Gasteiger partial charge in [-0.3, -0.25) is 9.36 Å². The van der Waals surface area contributed by atoms with Crippen LogP contribution in [0, 0.1) is 5.41 Å². The van der Waals surface area contributed by atoms with Crippen molar-refractivity contribution < 1.29 is 14.3 Å². The highest BCUT2D eigenvalue weighted by Crippen LogP contribution is 2.25. The van der Waals surface area contributed by atoms with Crippen molar-refractivity contribution in [3.8, 4) is 11.6 Å². The van der Waals surface area contributed by atoms with Crippen LogP contribution in [-0.4, -0.2) is 37.1 Å². The van der Waals surface area contributed by atoms with Gasteiger partial charge in [0.2, 0.25) is 0 Å². The molecule has 0 unspecified atom stereocenters. The normalized spacial score (nSPS) is 12.1. The van der Waals surface area contributed by atoms with Crippen molar-refractivity contribution in [1.82, 2.24) is 14.8 Å². The molecule has 2 rings (SSSR count). The number of ketones is 1. The zero-order valence-electron chi connectivity index (χ0n) is 13.2. The molecule has 0 aromatic carbocycles. The lowest BCUT2D eigenvalue weighted by atomic mass is 10.1. The van der Waals surface area contributed by atoms with Crippen molar-refractivity contribution in [2.45, 2.75) is 32.5 Å². The largest absolute Gasteiger partial charge is 0.511 e. The van der Waals surface area contributed by atoms with Gasteiger partial charge in [-0.25, -0.2) is 0 Å². The first-order valence-corrected chi connectivity index (χ1v) is 8.02. The summed E-state index contributed by atoms with van der Waals surface area (Å²) in [5.74, 6) is 0.912. The summed E-state index contributed by atoms with van der Waals surface area (Å²) < 4.78 is 7.20. The number of carbonyl (C=O) groups excluding carboxylic acids is 1. The molecule has 2 N–H and O–H groups in total. The van der Waals surface area contributed by atoms with E-state index in [1.54, 1.807) is 18.4 Å². The molecule has 0 fully saturated rings. The van der Waals surface area contributed by atoms with E-state index in [2.05, 4.69) is 10.2 Å². The van der Waals surface area contributed by atoms with Gasteiger partial charge in [0, 0.05) is 12.3 Å². The first-order chi connectivity index (χ1) is 11.0. The van der Waals surface area contributed by atoms with Crippen molar-refractivity contribution in [1.29, 1.82) is 5.41 Å². The van der Waals surface area contributed by atoms with Gasteiger partial charge in [0.15, 0.2) is 22.5 Å². The Morgan fingerprint density at radius 2 is 2.17 bits per heavy atom. The fourth-order valence-electron chi connectivity index (χ4n) is 2.16. The summed E-state index contributed by atoms with van der Waals surface area (Å²) in [6.45, 7) is 5.40. The molecule has 0 saturated heterocycles. The number of hydrogen-bond donors (Lipinski definition) is 2. The van der Waals surface area contributed by atoms with Crippen molar-refractivity contribution in [2.75, 3.05) is 5.75 Å². The van der Waals surface area contributed by atoms with Gasteiger partial charge in [-0.15, -0.1) is 10.2 Å². The molecule has 0 bridgehead atoms. The molecule has 0 aliphatic heterocycles. The number of thioether (sulfide) groups is 1. The Labute approximate surface area is 137 Å². The highest BCUT2D eigenvalue weighted by atomic mass is 32.2. The molecule has 2 aromatic rings. The second kappa shape index (κ2) is 7.28. The minimum absolute atomic E-state index is 0.0452. The van der Waals surface area contributed by atoms with Crippen LogP contribution in [0.4, 0.5) is 0 Å². The smallest absolute Gasteiger partial charge is 0.200 e. The number of carbonyl (C=O) groups is 1. The molecule has 2 aromatic heterocycles. The number of aromatic nitrogens is 3. The van der Waals surface area contributed by atoms with Gasteiger partial charge >= 0.3 is 0 Å². The topological polar surface area (TPSA) is 105 Å². The van der Waals surface area contributed by atoms with Crippen molar-refractivity contribution in [2.24, 2.45) is 0 Å². The molecule has 0 atom stereocenters. The Morgan fingerprint density at radius 3 is 2.70 bits per heavy atom. The summed E-state index contributed by atoms with van der Waals surface area (Å²) in [6.07, 6.45) is 1.57. The van der Waals surface area contributed by atoms with Crippen molar-refractivity contribution >= 4 is 23.3 Å². The van der Waals surface area contributed by atoms with E-state index < -0.39 is 0 Å². The summed E-state index contributed by atoms with van der Waals surface area (Å²) in [5, 5.41) is 26.5.